The zero-order valence-corrected chi connectivity index (χ0v) is 7.74. The largest absolute Gasteiger partial charge is 0.401 e. The molecule has 0 spiro atoms. The van der Waals surface area contributed by atoms with E-state index in [-0.39, 0.29) is 6.10 Å². The van der Waals surface area contributed by atoms with Gasteiger partial charge in [-0.1, -0.05) is 0 Å². The molecule has 1 fully saturated rings. The molecule has 1 heterocycles. The van der Waals surface area contributed by atoms with Crippen LogP contribution in [0.1, 0.15) is 20.3 Å². The molecule has 2 nitrogen and oxygen atoms in total. The van der Waals surface area contributed by atoms with Crippen LogP contribution in [0.4, 0.5) is 13.2 Å². The van der Waals surface area contributed by atoms with Gasteiger partial charge >= 0.3 is 6.18 Å². The average Bonchev–Trinajstić information content (AvgIpc) is 2.29. The fraction of sp³-hybridized carbons (Fsp3) is 1.00. The summed E-state index contributed by atoms with van der Waals surface area (Å²) in [6, 6.07) is 0. The molecule has 13 heavy (non-hydrogen) atoms. The van der Waals surface area contributed by atoms with Gasteiger partial charge in [-0.25, -0.2) is 0 Å². The zero-order valence-electron chi connectivity index (χ0n) is 7.74. The minimum atomic E-state index is -4.15. The molecular formula is C8H14F3NO. The van der Waals surface area contributed by atoms with Gasteiger partial charge in [0.05, 0.1) is 12.6 Å². The first-order valence-corrected chi connectivity index (χ1v) is 4.27. The molecule has 0 saturated carbocycles. The lowest BCUT2D eigenvalue weighted by Gasteiger charge is -2.29. The minimum absolute atomic E-state index is 0.158. The number of ether oxygens (including phenoxy) is 1. The zero-order chi connectivity index (χ0) is 10.1. The Hall–Kier alpha value is -0.290. The number of halogens is 3. The SMILES string of the molecule is CC1OCCC1(C)NCC(F)(F)F. The van der Waals surface area contributed by atoms with Gasteiger partial charge in [0.2, 0.25) is 0 Å². The lowest BCUT2D eigenvalue weighted by atomic mass is 9.95. The smallest absolute Gasteiger partial charge is 0.377 e. The molecule has 0 radical (unpaired) electrons. The summed E-state index contributed by atoms with van der Waals surface area (Å²) in [6.07, 6.45) is -3.68. The Kier molecular flexibility index (Phi) is 2.87. The maximum Gasteiger partial charge on any atom is 0.401 e. The Bertz CT molecular complexity index is 183. The van der Waals surface area contributed by atoms with Crippen molar-refractivity contribution in [1.82, 2.24) is 5.32 Å². The predicted octanol–water partition coefficient (Wildman–Crippen LogP) is 1.71. The molecule has 0 aromatic heterocycles. The Balaban J connectivity index is 2.43. The van der Waals surface area contributed by atoms with Crippen molar-refractivity contribution in [1.29, 1.82) is 0 Å². The van der Waals surface area contributed by atoms with E-state index in [0.29, 0.717) is 13.0 Å². The molecule has 0 bridgehead atoms. The maximum absolute atomic E-state index is 11.9. The normalized spacial score (nSPS) is 35.3. The van der Waals surface area contributed by atoms with Crippen molar-refractivity contribution < 1.29 is 17.9 Å². The van der Waals surface area contributed by atoms with E-state index in [1.807, 2.05) is 0 Å². The predicted molar refractivity (Wildman–Crippen MR) is 42.5 cm³/mol. The highest BCUT2D eigenvalue weighted by Crippen LogP contribution is 2.26. The third kappa shape index (κ3) is 2.84. The van der Waals surface area contributed by atoms with Gasteiger partial charge in [-0.05, 0) is 20.3 Å². The summed E-state index contributed by atoms with van der Waals surface area (Å²) >= 11 is 0. The summed E-state index contributed by atoms with van der Waals surface area (Å²) in [7, 11) is 0. The Labute approximate surface area is 75.4 Å². The Morgan fingerprint density at radius 1 is 1.54 bits per heavy atom. The second kappa shape index (κ2) is 3.46. The van der Waals surface area contributed by atoms with Crippen LogP contribution in [0.15, 0.2) is 0 Å². The Morgan fingerprint density at radius 2 is 2.15 bits per heavy atom. The van der Waals surface area contributed by atoms with Crippen LogP contribution in [0.3, 0.4) is 0 Å². The van der Waals surface area contributed by atoms with Crippen LogP contribution < -0.4 is 5.32 Å². The van der Waals surface area contributed by atoms with Crippen molar-refractivity contribution in [2.24, 2.45) is 0 Å². The van der Waals surface area contributed by atoms with E-state index in [9.17, 15) is 13.2 Å². The molecule has 1 aliphatic rings. The summed E-state index contributed by atoms with van der Waals surface area (Å²) in [4.78, 5) is 0. The highest BCUT2D eigenvalue weighted by molar-refractivity contribution is 4.93. The van der Waals surface area contributed by atoms with Crippen molar-refractivity contribution in [2.75, 3.05) is 13.2 Å². The van der Waals surface area contributed by atoms with Crippen molar-refractivity contribution in [3.05, 3.63) is 0 Å². The van der Waals surface area contributed by atoms with Gasteiger partial charge in [0, 0.05) is 12.1 Å². The Morgan fingerprint density at radius 3 is 2.54 bits per heavy atom. The second-order valence-corrected chi connectivity index (χ2v) is 3.65. The number of nitrogens with one attached hydrogen (secondary N) is 1. The van der Waals surface area contributed by atoms with Crippen molar-refractivity contribution in [3.63, 3.8) is 0 Å². The number of hydrogen-bond acceptors (Lipinski definition) is 2. The van der Waals surface area contributed by atoms with E-state index >= 15 is 0 Å². The molecule has 1 saturated heterocycles. The molecule has 2 atom stereocenters. The summed E-state index contributed by atoms with van der Waals surface area (Å²) in [6.45, 7) is 3.13. The van der Waals surface area contributed by atoms with Gasteiger partial charge in [0.25, 0.3) is 0 Å². The molecule has 1 N–H and O–H groups in total. The molecule has 0 aliphatic carbocycles. The van der Waals surface area contributed by atoms with Gasteiger partial charge in [-0.15, -0.1) is 0 Å². The van der Waals surface area contributed by atoms with Crippen LogP contribution in [0.5, 0.6) is 0 Å². The van der Waals surface area contributed by atoms with Crippen LogP contribution >= 0.6 is 0 Å². The first kappa shape index (κ1) is 10.8. The molecule has 0 amide bonds. The molecular weight excluding hydrogens is 183 g/mol. The quantitative estimate of drug-likeness (QED) is 0.727. The molecule has 1 rings (SSSR count). The summed E-state index contributed by atoms with van der Waals surface area (Å²) in [5, 5.41) is 2.50. The second-order valence-electron chi connectivity index (χ2n) is 3.65. The van der Waals surface area contributed by atoms with E-state index in [1.165, 1.54) is 0 Å². The third-order valence-electron chi connectivity index (χ3n) is 2.58. The number of alkyl halides is 3. The van der Waals surface area contributed by atoms with Crippen molar-refractivity contribution in [3.8, 4) is 0 Å². The van der Waals surface area contributed by atoms with Crippen LogP contribution in [0.25, 0.3) is 0 Å². The molecule has 5 heteroatoms. The molecule has 2 unspecified atom stereocenters. The summed E-state index contributed by atoms with van der Waals surface area (Å²) < 4.78 is 40.9. The van der Waals surface area contributed by atoms with E-state index < -0.39 is 18.3 Å². The van der Waals surface area contributed by atoms with E-state index in [1.54, 1.807) is 13.8 Å². The monoisotopic (exact) mass is 197 g/mol. The number of hydrogen-bond donors (Lipinski definition) is 1. The van der Waals surface area contributed by atoms with Crippen LogP contribution in [0, 0.1) is 0 Å². The summed E-state index contributed by atoms with van der Waals surface area (Å²) in [5.74, 6) is 0. The number of rotatable bonds is 2. The lowest BCUT2D eigenvalue weighted by Crippen LogP contribution is -2.51. The summed E-state index contributed by atoms with van der Waals surface area (Å²) in [5.41, 5.74) is -0.532. The topological polar surface area (TPSA) is 21.3 Å². The highest BCUT2D eigenvalue weighted by Gasteiger charge is 2.39. The van der Waals surface area contributed by atoms with Gasteiger partial charge in [-0.2, -0.15) is 13.2 Å². The first-order valence-electron chi connectivity index (χ1n) is 4.27. The molecule has 0 aromatic carbocycles. The van der Waals surface area contributed by atoms with Gasteiger partial charge in [-0.3, -0.25) is 0 Å². The molecule has 1 aliphatic heterocycles. The minimum Gasteiger partial charge on any atom is -0.377 e. The van der Waals surface area contributed by atoms with Crippen LogP contribution in [0.2, 0.25) is 0 Å². The van der Waals surface area contributed by atoms with Crippen molar-refractivity contribution >= 4 is 0 Å². The maximum atomic E-state index is 11.9. The fourth-order valence-corrected chi connectivity index (χ4v) is 1.37. The van der Waals surface area contributed by atoms with Gasteiger partial charge in [0.1, 0.15) is 0 Å². The molecule has 78 valence electrons. The lowest BCUT2D eigenvalue weighted by molar-refractivity contribution is -0.129. The van der Waals surface area contributed by atoms with Crippen LogP contribution in [-0.2, 0) is 4.74 Å². The van der Waals surface area contributed by atoms with E-state index in [4.69, 9.17) is 4.74 Å². The van der Waals surface area contributed by atoms with E-state index in [0.717, 1.165) is 0 Å². The van der Waals surface area contributed by atoms with Gasteiger partial charge < -0.3 is 10.1 Å². The molecule has 0 aromatic rings. The third-order valence-corrected chi connectivity index (χ3v) is 2.58. The van der Waals surface area contributed by atoms with Crippen molar-refractivity contribution in [2.45, 2.75) is 38.1 Å². The van der Waals surface area contributed by atoms with Gasteiger partial charge in [0.15, 0.2) is 0 Å². The standard InChI is InChI=1S/C8H14F3NO/c1-6-7(2,3-4-13-6)12-5-8(9,10)11/h6,12H,3-5H2,1-2H3. The average molecular weight is 197 g/mol. The fourth-order valence-electron chi connectivity index (χ4n) is 1.37. The first-order chi connectivity index (χ1) is 5.83. The van der Waals surface area contributed by atoms with E-state index in [2.05, 4.69) is 5.32 Å². The highest BCUT2D eigenvalue weighted by atomic mass is 19.4. The van der Waals surface area contributed by atoms with Crippen LogP contribution in [-0.4, -0.2) is 31.0 Å².